The Bertz CT molecular complexity index is 642. The number of ether oxygens (including phenoxy) is 1. The summed E-state index contributed by atoms with van der Waals surface area (Å²) in [5.41, 5.74) is 1.16. The van der Waals surface area contributed by atoms with Gasteiger partial charge in [-0.25, -0.2) is 4.39 Å². The third kappa shape index (κ3) is 4.40. The van der Waals surface area contributed by atoms with Crippen LogP contribution in [0.4, 0.5) is 4.39 Å². The Balaban J connectivity index is 1.63. The Hall–Kier alpha value is -1.99. The van der Waals surface area contributed by atoms with Gasteiger partial charge in [0.05, 0.1) is 17.7 Å². The van der Waals surface area contributed by atoms with Crippen LogP contribution >= 0.6 is 0 Å². The highest BCUT2D eigenvalue weighted by molar-refractivity contribution is 6.01. The normalized spacial score (nSPS) is 25.5. The first kappa shape index (κ1) is 18.8. The van der Waals surface area contributed by atoms with Crippen LogP contribution in [0.1, 0.15) is 31.2 Å². The van der Waals surface area contributed by atoms with E-state index < -0.39 is 5.41 Å². The van der Waals surface area contributed by atoms with Crippen molar-refractivity contribution in [1.82, 2.24) is 10.6 Å². The summed E-state index contributed by atoms with van der Waals surface area (Å²) in [6.07, 6.45) is 2.86. The van der Waals surface area contributed by atoms with E-state index in [0.717, 1.165) is 30.7 Å². The Morgan fingerprint density at radius 1 is 1.46 bits per heavy atom. The summed E-state index contributed by atoms with van der Waals surface area (Å²) in [4.78, 5) is 18.4. The third-order valence-electron chi connectivity index (χ3n) is 5.07. The number of nitrogens with zero attached hydrogens (tertiary/aromatic N) is 1. The SMILES string of the molecule is COCCNC(=O)[C@@]1(C[C@H]2CC(c3ccc(F)cc3)=NO2)CCCNC1. The van der Waals surface area contributed by atoms with Gasteiger partial charge < -0.3 is 20.2 Å². The van der Waals surface area contributed by atoms with Gasteiger partial charge in [0.25, 0.3) is 0 Å². The molecule has 0 bridgehead atoms. The van der Waals surface area contributed by atoms with Crippen molar-refractivity contribution in [2.24, 2.45) is 10.6 Å². The van der Waals surface area contributed by atoms with Crippen LogP contribution < -0.4 is 10.6 Å². The van der Waals surface area contributed by atoms with Crippen LogP contribution in [-0.2, 0) is 14.4 Å². The van der Waals surface area contributed by atoms with Crippen molar-refractivity contribution in [1.29, 1.82) is 0 Å². The first-order valence-corrected chi connectivity index (χ1v) is 9.09. The lowest BCUT2D eigenvalue weighted by Crippen LogP contribution is -2.52. The van der Waals surface area contributed by atoms with Crippen molar-refractivity contribution in [2.75, 3.05) is 33.4 Å². The first-order chi connectivity index (χ1) is 12.6. The Labute approximate surface area is 153 Å². The van der Waals surface area contributed by atoms with Crippen LogP contribution in [0.15, 0.2) is 29.4 Å². The van der Waals surface area contributed by atoms with Crippen LogP contribution in [0.25, 0.3) is 0 Å². The Morgan fingerprint density at radius 2 is 2.27 bits per heavy atom. The molecule has 0 saturated carbocycles. The van der Waals surface area contributed by atoms with Gasteiger partial charge >= 0.3 is 0 Å². The van der Waals surface area contributed by atoms with Gasteiger partial charge in [-0.05, 0) is 37.1 Å². The van der Waals surface area contributed by atoms with Gasteiger partial charge in [-0.15, -0.1) is 0 Å². The van der Waals surface area contributed by atoms with Crippen molar-refractivity contribution in [3.05, 3.63) is 35.6 Å². The minimum atomic E-state index is -0.496. The molecule has 142 valence electrons. The average molecular weight is 363 g/mol. The number of carbonyl (C=O) groups excluding carboxylic acids is 1. The van der Waals surface area contributed by atoms with Crippen LogP contribution in [0, 0.1) is 11.2 Å². The largest absolute Gasteiger partial charge is 0.392 e. The molecule has 0 aromatic heterocycles. The lowest BCUT2D eigenvalue weighted by molar-refractivity contribution is -0.134. The molecule has 2 aliphatic rings. The molecule has 0 spiro atoms. The zero-order valence-corrected chi connectivity index (χ0v) is 15.1. The fraction of sp³-hybridized carbons (Fsp3) is 0.579. The van der Waals surface area contributed by atoms with Crippen LogP contribution in [0.2, 0.25) is 0 Å². The quantitative estimate of drug-likeness (QED) is 0.725. The molecule has 1 aromatic carbocycles. The van der Waals surface area contributed by atoms with E-state index in [1.54, 1.807) is 19.2 Å². The number of piperidine rings is 1. The molecule has 1 saturated heterocycles. The van der Waals surface area contributed by atoms with E-state index in [1.165, 1.54) is 12.1 Å². The molecule has 6 nitrogen and oxygen atoms in total. The number of oxime groups is 1. The zero-order chi connectivity index (χ0) is 18.4. The highest BCUT2D eigenvalue weighted by atomic mass is 19.1. The summed E-state index contributed by atoms with van der Waals surface area (Å²) in [5.74, 6) is -0.231. The molecule has 0 radical (unpaired) electrons. The number of carbonyl (C=O) groups is 1. The van der Waals surface area contributed by atoms with Gasteiger partial charge in [-0.2, -0.15) is 0 Å². The second-order valence-electron chi connectivity index (χ2n) is 6.99. The molecule has 7 heteroatoms. The molecule has 1 fully saturated rings. The molecule has 2 heterocycles. The summed E-state index contributed by atoms with van der Waals surface area (Å²) in [6.45, 7) is 2.56. The van der Waals surface area contributed by atoms with E-state index in [2.05, 4.69) is 15.8 Å². The minimum Gasteiger partial charge on any atom is -0.392 e. The Kier molecular flexibility index (Phi) is 6.21. The molecule has 1 amide bonds. The van der Waals surface area contributed by atoms with E-state index in [0.29, 0.717) is 32.5 Å². The number of halogens is 1. The topological polar surface area (TPSA) is 72.0 Å². The lowest BCUT2D eigenvalue weighted by atomic mass is 9.74. The van der Waals surface area contributed by atoms with Crippen molar-refractivity contribution in [2.45, 2.75) is 31.8 Å². The summed E-state index contributed by atoms with van der Waals surface area (Å²) < 4.78 is 18.1. The van der Waals surface area contributed by atoms with Gasteiger partial charge in [0.1, 0.15) is 11.9 Å². The van der Waals surface area contributed by atoms with Gasteiger partial charge in [0.2, 0.25) is 5.91 Å². The number of nitrogens with one attached hydrogen (secondary N) is 2. The van der Waals surface area contributed by atoms with Gasteiger partial charge in [0.15, 0.2) is 0 Å². The molecule has 1 aromatic rings. The maximum absolute atomic E-state index is 13.1. The maximum atomic E-state index is 13.1. The summed E-state index contributed by atoms with van der Waals surface area (Å²) in [7, 11) is 1.62. The molecule has 0 unspecified atom stereocenters. The second-order valence-corrected chi connectivity index (χ2v) is 6.99. The number of hydrogen-bond acceptors (Lipinski definition) is 5. The molecular weight excluding hydrogens is 337 g/mol. The predicted octanol–water partition coefficient (Wildman–Crippen LogP) is 1.84. The molecular formula is C19H26FN3O3. The zero-order valence-electron chi connectivity index (χ0n) is 15.1. The maximum Gasteiger partial charge on any atom is 0.227 e. The van der Waals surface area contributed by atoms with E-state index in [1.807, 2.05) is 0 Å². The monoisotopic (exact) mass is 363 g/mol. The summed E-state index contributed by atoms with van der Waals surface area (Å²) >= 11 is 0. The highest BCUT2D eigenvalue weighted by Gasteiger charge is 2.43. The number of rotatable bonds is 7. The van der Waals surface area contributed by atoms with Crippen LogP contribution in [0.3, 0.4) is 0 Å². The number of benzene rings is 1. The van der Waals surface area contributed by atoms with Gasteiger partial charge in [0, 0.05) is 33.0 Å². The summed E-state index contributed by atoms with van der Waals surface area (Å²) in [6, 6.07) is 6.24. The van der Waals surface area contributed by atoms with Gasteiger partial charge in [-0.1, -0.05) is 17.3 Å². The molecule has 0 aliphatic carbocycles. The third-order valence-corrected chi connectivity index (χ3v) is 5.07. The van der Waals surface area contributed by atoms with Crippen molar-refractivity contribution in [3.8, 4) is 0 Å². The minimum absolute atomic E-state index is 0.0422. The predicted molar refractivity (Wildman–Crippen MR) is 96.5 cm³/mol. The molecule has 3 rings (SSSR count). The Morgan fingerprint density at radius 3 is 2.96 bits per heavy atom. The van der Waals surface area contributed by atoms with Crippen LogP contribution in [-0.4, -0.2) is 51.1 Å². The van der Waals surface area contributed by atoms with E-state index >= 15 is 0 Å². The molecule has 26 heavy (non-hydrogen) atoms. The molecule has 2 aliphatic heterocycles. The summed E-state index contributed by atoms with van der Waals surface area (Å²) in [5, 5.41) is 10.5. The fourth-order valence-corrected chi connectivity index (χ4v) is 3.67. The number of methoxy groups -OCH3 is 1. The molecule has 2 N–H and O–H groups in total. The smallest absolute Gasteiger partial charge is 0.227 e. The standard InChI is InChI=1S/C19H26FN3O3/c1-25-10-9-22-18(24)19(7-2-8-21-13-19)12-16-11-17(23-26-16)14-3-5-15(20)6-4-14/h3-6,16,21H,2,7-13H2,1H3,(H,22,24)/t16-,19-/m1/s1. The van der Waals surface area contributed by atoms with Crippen LogP contribution in [0.5, 0.6) is 0 Å². The average Bonchev–Trinajstić information content (AvgIpc) is 3.11. The fourth-order valence-electron chi connectivity index (χ4n) is 3.67. The highest BCUT2D eigenvalue weighted by Crippen LogP contribution is 2.35. The van der Waals surface area contributed by atoms with E-state index in [9.17, 15) is 9.18 Å². The van der Waals surface area contributed by atoms with Gasteiger partial charge in [-0.3, -0.25) is 4.79 Å². The van der Waals surface area contributed by atoms with E-state index in [4.69, 9.17) is 9.57 Å². The first-order valence-electron chi connectivity index (χ1n) is 9.09. The lowest BCUT2D eigenvalue weighted by Gasteiger charge is -2.37. The van der Waals surface area contributed by atoms with Crippen molar-refractivity contribution < 1.29 is 18.8 Å². The van der Waals surface area contributed by atoms with E-state index in [-0.39, 0.29) is 17.8 Å². The molecule has 2 atom stereocenters. The number of hydrogen-bond donors (Lipinski definition) is 2. The van der Waals surface area contributed by atoms with Crippen molar-refractivity contribution in [3.63, 3.8) is 0 Å². The second kappa shape index (κ2) is 8.60. The van der Waals surface area contributed by atoms with Crippen molar-refractivity contribution >= 4 is 11.6 Å². The number of amides is 1.